The molecule has 18 heavy (non-hydrogen) atoms. The van der Waals surface area contributed by atoms with Gasteiger partial charge in [-0.25, -0.2) is 0 Å². The molecule has 0 atom stereocenters. The summed E-state index contributed by atoms with van der Waals surface area (Å²) in [7, 11) is 1.42. The van der Waals surface area contributed by atoms with Crippen LogP contribution in [0.3, 0.4) is 0 Å². The molecule has 0 aliphatic carbocycles. The Hall–Kier alpha value is -1.35. The zero-order valence-corrected chi connectivity index (χ0v) is 11.0. The van der Waals surface area contributed by atoms with E-state index in [2.05, 4.69) is 21.8 Å². The van der Waals surface area contributed by atoms with Crippen LogP contribution in [0.5, 0.6) is 0 Å². The van der Waals surface area contributed by atoms with Gasteiger partial charge in [-0.15, -0.1) is 0 Å². The van der Waals surface area contributed by atoms with Crippen LogP contribution in [-0.2, 0) is 22.5 Å². The smallest absolute Gasteiger partial charge is 0.309 e. The summed E-state index contributed by atoms with van der Waals surface area (Å²) in [6, 6.07) is 8.28. The Bertz CT molecular complexity index is 380. The first kappa shape index (κ1) is 13.1. The first-order valence-electron chi connectivity index (χ1n) is 6.65. The SMILES string of the molecule is COC(=O)Cc1ccc(CN2CCCCC2)cc1. The highest BCUT2D eigenvalue weighted by atomic mass is 16.5. The number of nitrogens with zero attached hydrogens (tertiary/aromatic N) is 1. The Kier molecular flexibility index (Phi) is 4.76. The molecule has 0 unspecified atom stereocenters. The van der Waals surface area contributed by atoms with Crippen LogP contribution in [-0.4, -0.2) is 31.1 Å². The topological polar surface area (TPSA) is 29.5 Å². The summed E-state index contributed by atoms with van der Waals surface area (Å²) in [4.78, 5) is 13.7. The Morgan fingerprint density at radius 1 is 1.11 bits per heavy atom. The van der Waals surface area contributed by atoms with Crippen LogP contribution >= 0.6 is 0 Å². The molecule has 1 aromatic rings. The van der Waals surface area contributed by atoms with Crippen LogP contribution in [0.1, 0.15) is 30.4 Å². The van der Waals surface area contributed by atoms with Gasteiger partial charge in [0.15, 0.2) is 0 Å². The summed E-state index contributed by atoms with van der Waals surface area (Å²) < 4.78 is 4.66. The lowest BCUT2D eigenvalue weighted by atomic mass is 10.1. The number of hydrogen-bond acceptors (Lipinski definition) is 3. The monoisotopic (exact) mass is 247 g/mol. The molecule has 0 amide bonds. The minimum atomic E-state index is -0.182. The number of likely N-dealkylation sites (tertiary alicyclic amines) is 1. The second-order valence-electron chi connectivity index (χ2n) is 4.91. The molecule has 98 valence electrons. The molecule has 0 bridgehead atoms. The molecule has 0 saturated carbocycles. The number of ether oxygens (including phenoxy) is 1. The number of benzene rings is 1. The number of hydrogen-bond donors (Lipinski definition) is 0. The van der Waals surface area contributed by atoms with E-state index < -0.39 is 0 Å². The predicted molar refractivity (Wildman–Crippen MR) is 71.3 cm³/mol. The maximum atomic E-state index is 11.2. The third-order valence-electron chi connectivity index (χ3n) is 3.45. The van der Waals surface area contributed by atoms with Crippen molar-refractivity contribution in [1.82, 2.24) is 4.90 Å². The minimum absolute atomic E-state index is 0.182. The molecule has 3 heteroatoms. The van der Waals surface area contributed by atoms with Gasteiger partial charge in [-0.05, 0) is 37.1 Å². The largest absolute Gasteiger partial charge is 0.469 e. The number of carbonyl (C=O) groups is 1. The fourth-order valence-corrected chi connectivity index (χ4v) is 2.38. The maximum Gasteiger partial charge on any atom is 0.309 e. The van der Waals surface area contributed by atoms with Gasteiger partial charge in [-0.3, -0.25) is 9.69 Å². The van der Waals surface area contributed by atoms with Crippen LogP contribution in [0, 0.1) is 0 Å². The molecular weight excluding hydrogens is 226 g/mol. The number of esters is 1. The van der Waals surface area contributed by atoms with E-state index in [-0.39, 0.29) is 5.97 Å². The summed E-state index contributed by atoms with van der Waals surface area (Å²) in [5, 5.41) is 0. The molecule has 1 fully saturated rings. The second-order valence-corrected chi connectivity index (χ2v) is 4.91. The van der Waals surface area contributed by atoms with Gasteiger partial charge in [-0.1, -0.05) is 30.7 Å². The fraction of sp³-hybridized carbons (Fsp3) is 0.533. The Morgan fingerprint density at radius 3 is 2.33 bits per heavy atom. The van der Waals surface area contributed by atoms with Crippen LogP contribution < -0.4 is 0 Å². The van der Waals surface area contributed by atoms with Crippen molar-refractivity contribution in [2.24, 2.45) is 0 Å². The Balaban J connectivity index is 1.88. The van der Waals surface area contributed by atoms with Crippen molar-refractivity contribution in [3.63, 3.8) is 0 Å². The van der Waals surface area contributed by atoms with Crippen molar-refractivity contribution in [3.05, 3.63) is 35.4 Å². The molecule has 1 aliphatic rings. The van der Waals surface area contributed by atoms with Crippen molar-refractivity contribution in [1.29, 1.82) is 0 Å². The molecule has 1 aliphatic heterocycles. The lowest BCUT2D eigenvalue weighted by Crippen LogP contribution is -2.29. The molecule has 1 aromatic carbocycles. The van der Waals surface area contributed by atoms with Gasteiger partial charge in [0, 0.05) is 6.54 Å². The molecule has 1 heterocycles. The first-order valence-corrected chi connectivity index (χ1v) is 6.65. The van der Waals surface area contributed by atoms with Crippen molar-refractivity contribution in [2.45, 2.75) is 32.2 Å². The van der Waals surface area contributed by atoms with E-state index >= 15 is 0 Å². The minimum Gasteiger partial charge on any atom is -0.469 e. The fourth-order valence-electron chi connectivity index (χ4n) is 2.38. The summed E-state index contributed by atoms with van der Waals surface area (Å²) in [5.41, 5.74) is 2.34. The Morgan fingerprint density at radius 2 is 1.72 bits per heavy atom. The lowest BCUT2D eigenvalue weighted by molar-refractivity contribution is -0.139. The standard InChI is InChI=1S/C15H21NO2/c1-18-15(17)11-13-5-7-14(8-6-13)12-16-9-3-2-4-10-16/h5-8H,2-4,9-12H2,1H3. The highest BCUT2D eigenvalue weighted by Crippen LogP contribution is 2.13. The highest BCUT2D eigenvalue weighted by molar-refractivity contribution is 5.72. The highest BCUT2D eigenvalue weighted by Gasteiger charge is 2.10. The van der Waals surface area contributed by atoms with E-state index in [0.29, 0.717) is 6.42 Å². The molecule has 0 radical (unpaired) electrons. The summed E-state index contributed by atoms with van der Waals surface area (Å²) in [5.74, 6) is -0.182. The summed E-state index contributed by atoms with van der Waals surface area (Å²) in [6.45, 7) is 3.45. The molecule has 0 N–H and O–H groups in total. The van der Waals surface area contributed by atoms with Crippen molar-refractivity contribution >= 4 is 5.97 Å². The van der Waals surface area contributed by atoms with Crippen LogP contribution in [0.15, 0.2) is 24.3 Å². The molecule has 3 nitrogen and oxygen atoms in total. The normalized spacial score (nSPS) is 16.5. The van der Waals surface area contributed by atoms with Gasteiger partial charge >= 0.3 is 5.97 Å². The van der Waals surface area contributed by atoms with Crippen LogP contribution in [0.4, 0.5) is 0 Å². The van der Waals surface area contributed by atoms with Gasteiger partial charge in [0.25, 0.3) is 0 Å². The Labute approximate surface area is 109 Å². The van der Waals surface area contributed by atoms with Crippen molar-refractivity contribution in [3.8, 4) is 0 Å². The third-order valence-corrected chi connectivity index (χ3v) is 3.45. The zero-order chi connectivity index (χ0) is 12.8. The van der Waals surface area contributed by atoms with Crippen molar-refractivity contribution in [2.75, 3.05) is 20.2 Å². The van der Waals surface area contributed by atoms with Gasteiger partial charge in [0.05, 0.1) is 13.5 Å². The van der Waals surface area contributed by atoms with E-state index in [1.54, 1.807) is 0 Å². The predicted octanol–water partition coefficient (Wildman–Crippen LogP) is 2.39. The van der Waals surface area contributed by atoms with Gasteiger partial charge in [0.2, 0.25) is 0 Å². The molecular formula is C15H21NO2. The van der Waals surface area contributed by atoms with E-state index in [1.807, 2.05) is 12.1 Å². The van der Waals surface area contributed by atoms with Crippen LogP contribution in [0.2, 0.25) is 0 Å². The number of methoxy groups -OCH3 is 1. The zero-order valence-electron chi connectivity index (χ0n) is 11.0. The van der Waals surface area contributed by atoms with Crippen molar-refractivity contribution < 1.29 is 9.53 Å². The number of carbonyl (C=O) groups excluding carboxylic acids is 1. The molecule has 0 aromatic heterocycles. The molecule has 2 rings (SSSR count). The van der Waals surface area contributed by atoms with Gasteiger partial charge < -0.3 is 4.74 Å². The maximum absolute atomic E-state index is 11.2. The van der Waals surface area contributed by atoms with E-state index in [4.69, 9.17) is 0 Å². The summed E-state index contributed by atoms with van der Waals surface area (Å²) in [6.07, 6.45) is 4.37. The summed E-state index contributed by atoms with van der Waals surface area (Å²) >= 11 is 0. The second kappa shape index (κ2) is 6.55. The van der Waals surface area contributed by atoms with E-state index in [9.17, 15) is 4.79 Å². The molecule has 0 spiro atoms. The van der Waals surface area contributed by atoms with E-state index in [0.717, 1.165) is 12.1 Å². The first-order chi connectivity index (χ1) is 8.78. The lowest BCUT2D eigenvalue weighted by Gasteiger charge is -2.26. The van der Waals surface area contributed by atoms with Gasteiger partial charge in [0.1, 0.15) is 0 Å². The van der Waals surface area contributed by atoms with E-state index in [1.165, 1.54) is 45.0 Å². The third kappa shape index (κ3) is 3.84. The number of piperidine rings is 1. The molecule has 1 saturated heterocycles. The average Bonchev–Trinajstić information content (AvgIpc) is 2.42. The average molecular weight is 247 g/mol. The van der Waals surface area contributed by atoms with Gasteiger partial charge in [-0.2, -0.15) is 0 Å². The van der Waals surface area contributed by atoms with Crippen LogP contribution in [0.25, 0.3) is 0 Å². The number of rotatable bonds is 4. The quantitative estimate of drug-likeness (QED) is 0.765.